The van der Waals surface area contributed by atoms with Crippen LogP contribution in [-0.4, -0.2) is 61.3 Å². The Morgan fingerprint density at radius 2 is 1.44 bits per heavy atom. The van der Waals surface area contributed by atoms with Crippen LogP contribution in [0.25, 0.3) is 0 Å². The zero-order valence-electron chi connectivity index (χ0n) is 11.1. The van der Waals surface area contributed by atoms with Crippen molar-refractivity contribution in [2.75, 3.05) is 48.0 Å². The number of likely N-dealkylation sites (tertiary alicyclic amines) is 1. The molecule has 1 aliphatic rings. The summed E-state index contributed by atoms with van der Waals surface area (Å²) in [5.41, 5.74) is 0. The molecule has 0 aromatic carbocycles. The van der Waals surface area contributed by atoms with Crippen molar-refractivity contribution in [3.8, 4) is 0 Å². The fourth-order valence-electron chi connectivity index (χ4n) is 2.46. The lowest BCUT2D eigenvalue weighted by molar-refractivity contribution is -0.912. The molecule has 0 saturated carbocycles. The fraction of sp³-hybridized carbons (Fsp3) is 1.00. The van der Waals surface area contributed by atoms with E-state index in [0.717, 1.165) is 17.1 Å². The topological polar surface area (TPSA) is 27.7 Å². The number of hydrogen-bond acceptors (Lipinski definition) is 3. The van der Waals surface area contributed by atoms with E-state index in [9.17, 15) is 0 Å². The Hall–Kier alpha value is 0.0569. The highest BCUT2D eigenvalue weighted by atomic mass is 28.4. The molecule has 0 bridgehead atoms. The fourth-order valence-corrected chi connectivity index (χ4v) is 4.39. The lowest BCUT2D eigenvalue weighted by Gasteiger charge is -2.39. The van der Waals surface area contributed by atoms with Crippen molar-refractivity contribution >= 4 is 8.80 Å². The van der Waals surface area contributed by atoms with E-state index in [4.69, 9.17) is 13.3 Å². The molecule has 0 aromatic heterocycles. The van der Waals surface area contributed by atoms with E-state index in [-0.39, 0.29) is 0 Å². The normalized spacial score (nSPS) is 21.0. The van der Waals surface area contributed by atoms with Gasteiger partial charge in [0.2, 0.25) is 0 Å². The standard InChI is InChI=1S/C11H26NO3Si/c1-12(8-6-5-7-9-12)10-11-16(13-2,14-3)15-4/h5-11H2,1-4H3/q+1. The van der Waals surface area contributed by atoms with E-state index in [0.29, 0.717) is 0 Å². The summed E-state index contributed by atoms with van der Waals surface area (Å²) < 4.78 is 17.5. The van der Waals surface area contributed by atoms with Crippen LogP contribution < -0.4 is 0 Å². The van der Waals surface area contributed by atoms with Crippen LogP contribution in [0.3, 0.4) is 0 Å². The zero-order chi connectivity index (χ0) is 12.1. The second-order valence-corrected chi connectivity index (χ2v) is 7.99. The van der Waals surface area contributed by atoms with Crippen LogP contribution in [0.2, 0.25) is 6.04 Å². The van der Waals surface area contributed by atoms with Gasteiger partial charge in [-0.15, -0.1) is 0 Å². The predicted molar refractivity (Wildman–Crippen MR) is 66.2 cm³/mol. The van der Waals surface area contributed by atoms with Gasteiger partial charge in [-0.05, 0) is 19.3 Å². The maximum atomic E-state index is 5.46. The second kappa shape index (κ2) is 6.12. The maximum Gasteiger partial charge on any atom is 0.505 e. The molecular weight excluding hydrogens is 222 g/mol. The first kappa shape index (κ1) is 14.1. The molecule has 0 aliphatic carbocycles. The first-order valence-corrected chi connectivity index (χ1v) is 8.02. The molecule has 0 spiro atoms. The molecule has 1 heterocycles. The molecule has 96 valence electrons. The van der Waals surface area contributed by atoms with Crippen LogP contribution in [0.15, 0.2) is 0 Å². The third-order valence-electron chi connectivity index (χ3n) is 3.79. The molecule has 0 amide bonds. The van der Waals surface area contributed by atoms with Gasteiger partial charge in [0.15, 0.2) is 0 Å². The van der Waals surface area contributed by atoms with Crippen molar-refractivity contribution in [1.82, 2.24) is 0 Å². The Morgan fingerprint density at radius 1 is 0.938 bits per heavy atom. The molecule has 1 aliphatic heterocycles. The molecule has 0 unspecified atom stereocenters. The Labute approximate surface area is 100 Å². The predicted octanol–water partition coefficient (Wildman–Crippen LogP) is 1.49. The van der Waals surface area contributed by atoms with Crippen LogP contribution in [0.4, 0.5) is 0 Å². The van der Waals surface area contributed by atoms with Crippen molar-refractivity contribution in [3.63, 3.8) is 0 Å². The summed E-state index contributed by atoms with van der Waals surface area (Å²) in [5, 5.41) is 0. The molecule has 1 fully saturated rings. The van der Waals surface area contributed by atoms with Gasteiger partial charge in [-0.2, -0.15) is 0 Å². The van der Waals surface area contributed by atoms with Crippen molar-refractivity contribution in [2.24, 2.45) is 0 Å². The molecule has 0 aromatic rings. The van der Waals surface area contributed by atoms with Crippen LogP contribution in [0, 0.1) is 0 Å². The van der Waals surface area contributed by atoms with Gasteiger partial charge in [-0.25, -0.2) is 0 Å². The molecule has 1 saturated heterocycles. The molecule has 1 rings (SSSR count). The summed E-state index contributed by atoms with van der Waals surface area (Å²) in [6, 6.07) is 0.910. The zero-order valence-corrected chi connectivity index (χ0v) is 12.1. The van der Waals surface area contributed by atoms with Gasteiger partial charge in [0.05, 0.1) is 32.7 Å². The smallest absolute Gasteiger partial charge is 0.377 e. The number of quaternary nitrogens is 1. The van der Waals surface area contributed by atoms with E-state index in [1.165, 1.54) is 32.4 Å². The van der Waals surface area contributed by atoms with E-state index in [1.54, 1.807) is 21.3 Å². The minimum atomic E-state index is -2.36. The molecule has 16 heavy (non-hydrogen) atoms. The van der Waals surface area contributed by atoms with E-state index < -0.39 is 8.80 Å². The molecule has 5 heteroatoms. The molecule has 4 nitrogen and oxygen atoms in total. The Bertz CT molecular complexity index is 195. The third-order valence-corrected chi connectivity index (χ3v) is 6.49. The number of hydrogen-bond donors (Lipinski definition) is 0. The lowest BCUT2D eigenvalue weighted by atomic mass is 10.1. The van der Waals surface area contributed by atoms with Gasteiger partial charge < -0.3 is 17.8 Å². The van der Waals surface area contributed by atoms with Gasteiger partial charge in [0, 0.05) is 21.3 Å². The minimum Gasteiger partial charge on any atom is -0.377 e. The summed E-state index contributed by atoms with van der Waals surface area (Å²) in [7, 11) is 5.04. The molecular formula is C11H26NO3Si+. The highest BCUT2D eigenvalue weighted by Crippen LogP contribution is 2.21. The van der Waals surface area contributed by atoms with Crippen molar-refractivity contribution in [1.29, 1.82) is 0 Å². The van der Waals surface area contributed by atoms with Crippen molar-refractivity contribution < 1.29 is 17.8 Å². The maximum absolute atomic E-state index is 5.46. The SMILES string of the molecule is CO[Si](CC[N+]1(C)CCCCC1)(OC)OC. The van der Waals surface area contributed by atoms with Gasteiger partial charge in [-0.3, -0.25) is 0 Å². The minimum absolute atomic E-state index is 0.910. The molecule has 0 radical (unpaired) electrons. The van der Waals surface area contributed by atoms with Gasteiger partial charge in [-0.1, -0.05) is 0 Å². The number of piperidine rings is 1. The van der Waals surface area contributed by atoms with E-state index >= 15 is 0 Å². The summed E-state index contributed by atoms with van der Waals surface area (Å²) in [4.78, 5) is 0. The third kappa shape index (κ3) is 3.53. The quantitative estimate of drug-likeness (QED) is 0.526. The van der Waals surface area contributed by atoms with Gasteiger partial charge >= 0.3 is 8.80 Å². The average molecular weight is 248 g/mol. The Balaban J connectivity index is 2.47. The summed E-state index contributed by atoms with van der Waals surface area (Å²) in [6.07, 6.45) is 4.07. The molecule has 0 N–H and O–H groups in total. The van der Waals surface area contributed by atoms with Crippen LogP contribution >= 0.6 is 0 Å². The summed E-state index contributed by atoms with van der Waals surface area (Å²) in [6.45, 7) is 3.66. The number of rotatable bonds is 6. The Kier molecular flexibility index (Phi) is 5.40. The van der Waals surface area contributed by atoms with Crippen LogP contribution in [0.5, 0.6) is 0 Å². The Morgan fingerprint density at radius 3 is 1.88 bits per heavy atom. The average Bonchev–Trinajstić information content (AvgIpc) is 2.33. The van der Waals surface area contributed by atoms with Gasteiger partial charge in [0.25, 0.3) is 0 Å². The first-order valence-electron chi connectivity index (χ1n) is 6.09. The van der Waals surface area contributed by atoms with Gasteiger partial charge in [0.1, 0.15) is 0 Å². The highest BCUT2D eigenvalue weighted by Gasteiger charge is 2.41. The van der Waals surface area contributed by atoms with E-state index in [1.807, 2.05) is 0 Å². The second-order valence-electron chi connectivity index (χ2n) is 4.90. The number of nitrogens with zero attached hydrogens (tertiary/aromatic N) is 1. The lowest BCUT2D eigenvalue weighted by Crippen LogP contribution is -2.53. The summed E-state index contributed by atoms with van der Waals surface area (Å²) >= 11 is 0. The largest absolute Gasteiger partial charge is 0.505 e. The van der Waals surface area contributed by atoms with Crippen molar-refractivity contribution in [2.45, 2.75) is 25.3 Å². The monoisotopic (exact) mass is 248 g/mol. The summed E-state index contributed by atoms with van der Waals surface area (Å²) in [5.74, 6) is 0. The highest BCUT2D eigenvalue weighted by molar-refractivity contribution is 6.60. The van der Waals surface area contributed by atoms with Crippen LogP contribution in [-0.2, 0) is 13.3 Å². The van der Waals surface area contributed by atoms with Crippen molar-refractivity contribution in [3.05, 3.63) is 0 Å². The first-order chi connectivity index (χ1) is 7.60. The van der Waals surface area contributed by atoms with Crippen LogP contribution in [0.1, 0.15) is 19.3 Å². The molecule has 0 atom stereocenters. The van der Waals surface area contributed by atoms with E-state index in [2.05, 4.69) is 7.05 Å².